The molecule has 1 N–H and O–H groups in total. The maximum Gasteiger partial charge on any atom is 0.0907 e. The molecule has 0 saturated carbocycles. The lowest BCUT2D eigenvalue weighted by molar-refractivity contribution is -0.0402. The van der Waals surface area contributed by atoms with Crippen molar-refractivity contribution in [3.05, 3.63) is 69.7 Å². The summed E-state index contributed by atoms with van der Waals surface area (Å²) >= 11 is 3.53. The van der Waals surface area contributed by atoms with Gasteiger partial charge in [-0.3, -0.25) is 0 Å². The van der Waals surface area contributed by atoms with Gasteiger partial charge in [0.15, 0.2) is 0 Å². The lowest BCUT2D eigenvalue weighted by atomic mass is 9.85. The van der Waals surface area contributed by atoms with Gasteiger partial charge in [0, 0.05) is 10.9 Å². The van der Waals surface area contributed by atoms with Gasteiger partial charge in [-0.1, -0.05) is 58.4 Å². The second kappa shape index (κ2) is 5.91. The van der Waals surface area contributed by atoms with Crippen molar-refractivity contribution >= 4 is 15.9 Å². The van der Waals surface area contributed by atoms with E-state index in [1.807, 2.05) is 37.3 Å². The van der Waals surface area contributed by atoms with Crippen LogP contribution in [-0.2, 0) is 16.8 Å². The molecule has 2 atom stereocenters. The summed E-state index contributed by atoms with van der Waals surface area (Å²) in [5.74, 6) is 0. The zero-order chi connectivity index (χ0) is 14.9. The lowest BCUT2D eigenvalue weighted by Crippen LogP contribution is -2.28. The molecule has 2 aromatic rings. The third-order valence-electron chi connectivity index (χ3n) is 4.13. The quantitative estimate of drug-likeness (QED) is 0.894. The number of rotatable bonds is 3. The highest BCUT2D eigenvalue weighted by molar-refractivity contribution is 9.10. The van der Waals surface area contributed by atoms with Crippen molar-refractivity contribution in [2.75, 3.05) is 6.61 Å². The molecule has 0 radical (unpaired) electrons. The molecule has 21 heavy (non-hydrogen) atoms. The molecular weight excluding hydrogens is 328 g/mol. The van der Waals surface area contributed by atoms with Gasteiger partial charge in [-0.05, 0) is 36.1 Å². The van der Waals surface area contributed by atoms with Crippen LogP contribution in [0.4, 0.5) is 0 Å². The van der Waals surface area contributed by atoms with Gasteiger partial charge in [0.05, 0.1) is 18.3 Å². The van der Waals surface area contributed by atoms with E-state index in [2.05, 4.69) is 34.1 Å². The maximum atomic E-state index is 10.9. The molecule has 2 nitrogen and oxygen atoms in total. The van der Waals surface area contributed by atoms with E-state index >= 15 is 0 Å². The lowest BCUT2D eigenvalue weighted by Gasteiger charge is -2.33. The zero-order valence-corrected chi connectivity index (χ0v) is 13.6. The number of halogens is 1. The predicted octanol–water partition coefficient (Wildman–Crippen LogP) is 4.36. The molecular formula is C18H19BrO2. The van der Waals surface area contributed by atoms with Crippen LogP contribution in [0.15, 0.2) is 53.0 Å². The first-order chi connectivity index (χ1) is 10.1. The number of fused-ring (bicyclic) bond motifs is 1. The van der Waals surface area contributed by atoms with Crippen molar-refractivity contribution in [2.45, 2.75) is 31.5 Å². The minimum atomic E-state index is -0.935. The van der Waals surface area contributed by atoms with E-state index < -0.39 is 5.60 Å². The van der Waals surface area contributed by atoms with Gasteiger partial charge < -0.3 is 9.84 Å². The predicted molar refractivity (Wildman–Crippen MR) is 87.2 cm³/mol. The highest BCUT2D eigenvalue weighted by atomic mass is 79.9. The number of hydrogen-bond acceptors (Lipinski definition) is 2. The molecule has 0 spiro atoms. The molecule has 0 fully saturated rings. The van der Waals surface area contributed by atoms with Crippen molar-refractivity contribution in [3.8, 4) is 0 Å². The van der Waals surface area contributed by atoms with Gasteiger partial charge in [0.1, 0.15) is 0 Å². The van der Waals surface area contributed by atoms with Crippen molar-refractivity contribution < 1.29 is 9.84 Å². The maximum absolute atomic E-state index is 10.9. The number of hydrogen-bond donors (Lipinski definition) is 1. The molecule has 1 aliphatic heterocycles. The molecule has 0 aromatic heterocycles. The average Bonchev–Trinajstić information content (AvgIpc) is 2.47. The Labute approximate surface area is 133 Å². The molecule has 2 aromatic carbocycles. The monoisotopic (exact) mass is 346 g/mol. The molecule has 0 aliphatic carbocycles. The molecule has 110 valence electrons. The Balaban J connectivity index is 1.89. The Bertz CT molecular complexity index is 637. The average molecular weight is 347 g/mol. The van der Waals surface area contributed by atoms with Crippen LogP contribution in [0.2, 0.25) is 0 Å². The Morgan fingerprint density at radius 2 is 1.90 bits per heavy atom. The Kier molecular flexibility index (Phi) is 4.16. The van der Waals surface area contributed by atoms with E-state index in [4.69, 9.17) is 4.74 Å². The molecule has 3 heteroatoms. The first-order valence-corrected chi connectivity index (χ1v) is 8.04. The fourth-order valence-corrected chi connectivity index (χ4v) is 3.73. The topological polar surface area (TPSA) is 29.5 Å². The summed E-state index contributed by atoms with van der Waals surface area (Å²) in [6.45, 7) is 2.57. The van der Waals surface area contributed by atoms with E-state index in [0.717, 1.165) is 16.5 Å². The minimum Gasteiger partial charge on any atom is -0.385 e. The summed E-state index contributed by atoms with van der Waals surface area (Å²) in [6, 6.07) is 16.2. The molecule has 1 heterocycles. The molecule has 0 amide bonds. The van der Waals surface area contributed by atoms with Gasteiger partial charge in [0.2, 0.25) is 0 Å². The summed E-state index contributed by atoms with van der Waals surface area (Å²) in [6.07, 6.45) is 1.44. The number of aliphatic hydroxyl groups is 1. The normalized spacial score (nSPS) is 20.6. The van der Waals surface area contributed by atoms with E-state index in [1.54, 1.807) is 0 Å². The van der Waals surface area contributed by atoms with Crippen molar-refractivity contribution in [3.63, 3.8) is 0 Å². The standard InChI is InChI=1S/C18H19BrO2/c1-18(20,15-8-4-5-9-16(15)19)12-17-14-7-3-2-6-13(14)10-11-21-17/h2-9,17,20H,10-12H2,1H3. The highest BCUT2D eigenvalue weighted by Crippen LogP contribution is 2.39. The first kappa shape index (κ1) is 14.8. The fourth-order valence-electron chi connectivity index (χ4n) is 3.01. The minimum absolute atomic E-state index is 0.0583. The summed E-state index contributed by atoms with van der Waals surface area (Å²) in [4.78, 5) is 0. The zero-order valence-electron chi connectivity index (χ0n) is 12.1. The second-order valence-corrected chi connectivity index (χ2v) is 6.62. The van der Waals surface area contributed by atoms with Crippen LogP contribution in [0.25, 0.3) is 0 Å². The third kappa shape index (κ3) is 3.05. The van der Waals surface area contributed by atoms with E-state index in [-0.39, 0.29) is 6.10 Å². The van der Waals surface area contributed by atoms with Crippen LogP contribution in [0.3, 0.4) is 0 Å². The summed E-state index contributed by atoms with van der Waals surface area (Å²) in [5, 5.41) is 10.9. The van der Waals surface area contributed by atoms with Crippen molar-refractivity contribution in [2.24, 2.45) is 0 Å². The van der Waals surface area contributed by atoms with E-state index in [0.29, 0.717) is 13.0 Å². The Morgan fingerprint density at radius 3 is 2.71 bits per heavy atom. The van der Waals surface area contributed by atoms with Crippen LogP contribution in [0.1, 0.15) is 36.1 Å². The number of benzene rings is 2. The Morgan fingerprint density at radius 1 is 1.19 bits per heavy atom. The summed E-state index contributed by atoms with van der Waals surface area (Å²) in [5.41, 5.74) is 2.50. The summed E-state index contributed by atoms with van der Waals surface area (Å²) in [7, 11) is 0. The SMILES string of the molecule is CC(O)(CC1OCCc2ccccc21)c1ccccc1Br. The number of ether oxygens (including phenoxy) is 1. The molecule has 2 unspecified atom stereocenters. The molecule has 0 bridgehead atoms. The van der Waals surface area contributed by atoms with Crippen molar-refractivity contribution in [1.82, 2.24) is 0 Å². The van der Waals surface area contributed by atoms with Crippen molar-refractivity contribution in [1.29, 1.82) is 0 Å². The molecule has 3 rings (SSSR count). The van der Waals surface area contributed by atoms with Crippen LogP contribution >= 0.6 is 15.9 Å². The van der Waals surface area contributed by atoms with Gasteiger partial charge in [-0.25, -0.2) is 0 Å². The van der Waals surface area contributed by atoms with Crippen LogP contribution in [0.5, 0.6) is 0 Å². The second-order valence-electron chi connectivity index (χ2n) is 5.77. The summed E-state index contributed by atoms with van der Waals surface area (Å²) < 4.78 is 6.86. The fraction of sp³-hybridized carbons (Fsp3) is 0.333. The van der Waals surface area contributed by atoms with Gasteiger partial charge in [0.25, 0.3) is 0 Å². The third-order valence-corrected chi connectivity index (χ3v) is 4.82. The largest absolute Gasteiger partial charge is 0.385 e. The van der Waals surface area contributed by atoms with Gasteiger partial charge in [-0.2, -0.15) is 0 Å². The highest BCUT2D eigenvalue weighted by Gasteiger charge is 2.32. The van der Waals surface area contributed by atoms with Crippen LogP contribution < -0.4 is 0 Å². The van der Waals surface area contributed by atoms with Crippen LogP contribution in [0, 0.1) is 0 Å². The first-order valence-electron chi connectivity index (χ1n) is 7.25. The molecule has 1 aliphatic rings. The Hall–Kier alpha value is -1.16. The molecule has 0 saturated heterocycles. The smallest absolute Gasteiger partial charge is 0.0907 e. The van der Waals surface area contributed by atoms with E-state index in [9.17, 15) is 5.11 Å². The van der Waals surface area contributed by atoms with Crippen LogP contribution in [-0.4, -0.2) is 11.7 Å². The van der Waals surface area contributed by atoms with Gasteiger partial charge in [-0.15, -0.1) is 0 Å². The van der Waals surface area contributed by atoms with E-state index in [1.165, 1.54) is 11.1 Å². The van der Waals surface area contributed by atoms with Gasteiger partial charge >= 0.3 is 0 Å².